The maximum Gasteiger partial charge on any atom is 0.323 e. The number of hydrogen-bond acceptors (Lipinski definition) is 4. The molecule has 0 bridgehead atoms. The van der Waals surface area contributed by atoms with E-state index in [4.69, 9.17) is 9.47 Å². The third-order valence-electron chi connectivity index (χ3n) is 2.97. The Hall–Kier alpha value is -0.650. The molecule has 5 heteroatoms. The van der Waals surface area contributed by atoms with E-state index in [9.17, 15) is 9.90 Å². The van der Waals surface area contributed by atoms with E-state index >= 15 is 0 Å². The zero-order valence-electron chi connectivity index (χ0n) is 10.9. The lowest BCUT2D eigenvalue weighted by Crippen LogP contribution is -2.52. The first-order valence-corrected chi connectivity index (χ1v) is 6.19. The Kier molecular flexibility index (Phi) is 5.36. The van der Waals surface area contributed by atoms with Crippen LogP contribution in [0.25, 0.3) is 0 Å². The van der Waals surface area contributed by atoms with Gasteiger partial charge in [-0.2, -0.15) is 0 Å². The molecular formula is C12H23NO4. The number of hydrogen-bond donors (Lipinski definition) is 2. The van der Waals surface area contributed by atoms with Crippen LogP contribution in [0.5, 0.6) is 0 Å². The van der Waals surface area contributed by atoms with Gasteiger partial charge in [-0.05, 0) is 26.8 Å². The zero-order chi connectivity index (χ0) is 12.9. The molecule has 0 spiro atoms. The lowest BCUT2D eigenvalue weighted by Gasteiger charge is -2.33. The number of aliphatic carboxylic acids is 1. The number of nitrogens with one attached hydrogen (secondary N) is 1. The van der Waals surface area contributed by atoms with Crippen LogP contribution >= 0.6 is 0 Å². The largest absolute Gasteiger partial charge is 0.480 e. The second kappa shape index (κ2) is 6.33. The average molecular weight is 245 g/mol. The number of carboxylic acids is 1. The molecule has 0 aromatic carbocycles. The monoisotopic (exact) mass is 245 g/mol. The van der Waals surface area contributed by atoms with Crippen molar-refractivity contribution in [3.8, 4) is 0 Å². The van der Waals surface area contributed by atoms with Crippen molar-refractivity contribution in [2.24, 2.45) is 0 Å². The van der Waals surface area contributed by atoms with Crippen molar-refractivity contribution in [3.05, 3.63) is 0 Å². The fraction of sp³-hybridized carbons (Fsp3) is 0.917. The smallest absolute Gasteiger partial charge is 0.323 e. The van der Waals surface area contributed by atoms with Gasteiger partial charge in [-0.1, -0.05) is 6.92 Å². The molecule has 1 fully saturated rings. The van der Waals surface area contributed by atoms with Crippen LogP contribution in [0.3, 0.4) is 0 Å². The molecular weight excluding hydrogens is 222 g/mol. The predicted octanol–water partition coefficient (Wildman–Crippen LogP) is 1.02. The minimum Gasteiger partial charge on any atom is -0.480 e. The standard InChI is InChI=1S/C12H23NO4/c1-4-5-13-12(3,11(14)15)6-9(2)17-10-7-16-8-10/h9-10,13H,4-8H2,1-3H3,(H,14,15). The molecule has 0 aliphatic carbocycles. The third-order valence-corrected chi connectivity index (χ3v) is 2.97. The molecule has 2 N–H and O–H groups in total. The van der Waals surface area contributed by atoms with Crippen LogP contribution < -0.4 is 5.32 Å². The van der Waals surface area contributed by atoms with Crippen molar-refractivity contribution in [1.82, 2.24) is 5.32 Å². The molecule has 0 saturated carbocycles. The zero-order valence-corrected chi connectivity index (χ0v) is 10.9. The number of ether oxygens (including phenoxy) is 2. The van der Waals surface area contributed by atoms with Crippen molar-refractivity contribution < 1.29 is 19.4 Å². The predicted molar refractivity (Wildman–Crippen MR) is 64.1 cm³/mol. The van der Waals surface area contributed by atoms with Crippen LogP contribution in [0.4, 0.5) is 0 Å². The van der Waals surface area contributed by atoms with E-state index in [1.165, 1.54) is 0 Å². The second-order valence-corrected chi connectivity index (χ2v) is 4.87. The van der Waals surface area contributed by atoms with Gasteiger partial charge in [0.05, 0.1) is 19.3 Å². The van der Waals surface area contributed by atoms with Gasteiger partial charge in [0.15, 0.2) is 0 Å². The Morgan fingerprint density at radius 2 is 2.29 bits per heavy atom. The summed E-state index contributed by atoms with van der Waals surface area (Å²) in [5.41, 5.74) is -0.917. The lowest BCUT2D eigenvalue weighted by atomic mass is 9.94. The van der Waals surface area contributed by atoms with E-state index in [1.807, 2.05) is 13.8 Å². The lowest BCUT2D eigenvalue weighted by molar-refractivity contribution is -0.161. The van der Waals surface area contributed by atoms with Crippen LogP contribution in [0.15, 0.2) is 0 Å². The summed E-state index contributed by atoms with van der Waals surface area (Å²) in [5.74, 6) is -0.828. The van der Waals surface area contributed by atoms with E-state index < -0.39 is 11.5 Å². The van der Waals surface area contributed by atoms with Gasteiger partial charge in [0.2, 0.25) is 0 Å². The van der Waals surface area contributed by atoms with Crippen molar-refractivity contribution in [1.29, 1.82) is 0 Å². The van der Waals surface area contributed by atoms with Gasteiger partial charge in [-0.25, -0.2) is 0 Å². The fourth-order valence-corrected chi connectivity index (χ4v) is 1.88. The highest BCUT2D eigenvalue weighted by Crippen LogP contribution is 2.18. The molecule has 1 rings (SSSR count). The van der Waals surface area contributed by atoms with Crippen LogP contribution in [0.2, 0.25) is 0 Å². The van der Waals surface area contributed by atoms with Crippen molar-refractivity contribution in [3.63, 3.8) is 0 Å². The van der Waals surface area contributed by atoms with Crippen LogP contribution in [0, 0.1) is 0 Å². The SMILES string of the molecule is CCCNC(C)(CC(C)OC1COC1)C(=O)O. The van der Waals surface area contributed by atoms with E-state index in [2.05, 4.69) is 5.32 Å². The van der Waals surface area contributed by atoms with Crippen LogP contribution in [0.1, 0.15) is 33.6 Å². The maximum atomic E-state index is 11.3. The van der Waals surface area contributed by atoms with Crippen molar-refractivity contribution in [2.45, 2.75) is 51.4 Å². The Morgan fingerprint density at radius 1 is 1.65 bits per heavy atom. The van der Waals surface area contributed by atoms with Crippen LogP contribution in [-0.4, -0.2) is 48.6 Å². The molecule has 17 heavy (non-hydrogen) atoms. The van der Waals surface area contributed by atoms with E-state index in [-0.39, 0.29) is 12.2 Å². The molecule has 2 atom stereocenters. The molecule has 1 aliphatic heterocycles. The fourth-order valence-electron chi connectivity index (χ4n) is 1.88. The van der Waals surface area contributed by atoms with E-state index in [0.717, 1.165) is 6.42 Å². The summed E-state index contributed by atoms with van der Waals surface area (Å²) < 4.78 is 10.7. The molecule has 100 valence electrons. The first-order chi connectivity index (χ1) is 7.98. The highest BCUT2D eigenvalue weighted by molar-refractivity contribution is 5.78. The van der Waals surface area contributed by atoms with Gasteiger partial charge in [0, 0.05) is 6.42 Å². The van der Waals surface area contributed by atoms with Gasteiger partial charge in [-0.3, -0.25) is 4.79 Å². The topological polar surface area (TPSA) is 67.8 Å². The Labute approximate surface area is 102 Å². The minimum atomic E-state index is -0.917. The van der Waals surface area contributed by atoms with Crippen molar-refractivity contribution >= 4 is 5.97 Å². The van der Waals surface area contributed by atoms with Crippen molar-refractivity contribution in [2.75, 3.05) is 19.8 Å². The Morgan fingerprint density at radius 3 is 2.71 bits per heavy atom. The number of rotatable bonds is 8. The van der Waals surface area contributed by atoms with Gasteiger partial charge in [0.25, 0.3) is 0 Å². The third kappa shape index (κ3) is 4.26. The molecule has 0 aromatic rings. The molecule has 1 heterocycles. The Balaban J connectivity index is 2.43. The summed E-state index contributed by atoms with van der Waals surface area (Å²) in [6.07, 6.45) is 1.41. The maximum absolute atomic E-state index is 11.3. The molecule has 1 saturated heterocycles. The summed E-state index contributed by atoms with van der Waals surface area (Å²) >= 11 is 0. The van der Waals surface area contributed by atoms with Gasteiger partial charge >= 0.3 is 5.97 Å². The van der Waals surface area contributed by atoms with Crippen LogP contribution in [-0.2, 0) is 14.3 Å². The minimum absolute atomic E-state index is 0.0886. The average Bonchev–Trinajstić information content (AvgIpc) is 2.20. The molecule has 1 aliphatic rings. The van der Waals surface area contributed by atoms with Gasteiger partial charge in [0.1, 0.15) is 11.6 Å². The second-order valence-electron chi connectivity index (χ2n) is 4.87. The summed E-state index contributed by atoms with van der Waals surface area (Å²) in [6, 6.07) is 0. The number of carboxylic acid groups (broad SMARTS) is 1. The number of carbonyl (C=O) groups is 1. The summed E-state index contributed by atoms with van der Waals surface area (Å²) in [7, 11) is 0. The first kappa shape index (κ1) is 14.4. The molecule has 5 nitrogen and oxygen atoms in total. The Bertz CT molecular complexity index is 255. The summed E-state index contributed by atoms with van der Waals surface area (Å²) in [5, 5.41) is 12.3. The molecule has 0 radical (unpaired) electrons. The van der Waals surface area contributed by atoms with E-state index in [0.29, 0.717) is 26.2 Å². The highest BCUT2D eigenvalue weighted by atomic mass is 16.6. The van der Waals surface area contributed by atoms with Gasteiger partial charge < -0.3 is 19.9 Å². The summed E-state index contributed by atoms with van der Waals surface area (Å²) in [6.45, 7) is 7.57. The molecule has 0 aromatic heterocycles. The molecule has 2 unspecified atom stereocenters. The summed E-state index contributed by atoms with van der Waals surface area (Å²) in [4.78, 5) is 11.3. The van der Waals surface area contributed by atoms with Gasteiger partial charge in [-0.15, -0.1) is 0 Å². The highest BCUT2D eigenvalue weighted by Gasteiger charge is 2.35. The van der Waals surface area contributed by atoms with E-state index in [1.54, 1.807) is 6.92 Å². The quantitative estimate of drug-likeness (QED) is 0.668. The normalized spacial score (nSPS) is 21.6. The molecule has 0 amide bonds. The first-order valence-electron chi connectivity index (χ1n) is 6.19.